The molecule has 2 heteroatoms. The number of piperidine rings is 2. The number of hydrogen-bond donors (Lipinski definition) is 1. The highest BCUT2D eigenvalue weighted by atomic mass is 15.2. The zero-order valence-electron chi connectivity index (χ0n) is 8.92. The van der Waals surface area contributed by atoms with E-state index in [9.17, 15) is 0 Å². The SMILES string of the molecule is CCN1C2CCCC1CC(NC)C2. The van der Waals surface area contributed by atoms with Crippen molar-refractivity contribution in [2.24, 2.45) is 0 Å². The van der Waals surface area contributed by atoms with Crippen molar-refractivity contribution in [2.45, 2.75) is 57.2 Å². The number of nitrogens with one attached hydrogen (secondary N) is 1. The predicted molar refractivity (Wildman–Crippen MR) is 55.9 cm³/mol. The monoisotopic (exact) mass is 182 g/mol. The van der Waals surface area contributed by atoms with Gasteiger partial charge in [-0.05, 0) is 39.3 Å². The van der Waals surface area contributed by atoms with Crippen molar-refractivity contribution in [3.8, 4) is 0 Å². The van der Waals surface area contributed by atoms with E-state index >= 15 is 0 Å². The molecule has 1 N–H and O–H groups in total. The van der Waals surface area contributed by atoms with Crippen LogP contribution in [0.25, 0.3) is 0 Å². The zero-order valence-corrected chi connectivity index (χ0v) is 8.92. The first kappa shape index (κ1) is 9.47. The average molecular weight is 182 g/mol. The van der Waals surface area contributed by atoms with E-state index in [0.717, 1.165) is 18.1 Å². The van der Waals surface area contributed by atoms with Crippen LogP contribution in [0.15, 0.2) is 0 Å². The Hall–Kier alpha value is -0.0800. The highest BCUT2D eigenvalue weighted by Gasteiger charge is 2.36. The van der Waals surface area contributed by atoms with Gasteiger partial charge in [0, 0.05) is 18.1 Å². The molecule has 2 aliphatic rings. The summed E-state index contributed by atoms with van der Waals surface area (Å²) in [7, 11) is 2.11. The Morgan fingerprint density at radius 1 is 1.23 bits per heavy atom. The molecule has 0 aromatic heterocycles. The molecule has 13 heavy (non-hydrogen) atoms. The van der Waals surface area contributed by atoms with Gasteiger partial charge in [0.2, 0.25) is 0 Å². The molecule has 0 radical (unpaired) electrons. The molecule has 0 spiro atoms. The van der Waals surface area contributed by atoms with Crippen molar-refractivity contribution < 1.29 is 0 Å². The standard InChI is InChI=1S/C11H22N2/c1-3-13-10-5-4-6-11(13)8-9(7-10)12-2/h9-12H,3-8H2,1-2H3. The molecule has 0 amide bonds. The third-order valence-corrected chi connectivity index (χ3v) is 3.90. The summed E-state index contributed by atoms with van der Waals surface area (Å²) in [6.07, 6.45) is 7.08. The first-order valence-corrected chi connectivity index (χ1v) is 5.78. The minimum absolute atomic E-state index is 0.790. The van der Waals surface area contributed by atoms with E-state index in [0.29, 0.717) is 0 Å². The van der Waals surface area contributed by atoms with Crippen LogP contribution >= 0.6 is 0 Å². The van der Waals surface area contributed by atoms with Gasteiger partial charge in [0.05, 0.1) is 0 Å². The smallest absolute Gasteiger partial charge is 0.0113 e. The van der Waals surface area contributed by atoms with Gasteiger partial charge < -0.3 is 5.32 Å². The maximum atomic E-state index is 3.45. The topological polar surface area (TPSA) is 15.3 Å². The number of nitrogens with zero attached hydrogens (tertiary/aromatic N) is 1. The second kappa shape index (κ2) is 3.97. The van der Waals surface area contributed by atoms with E-state index in [1.807, 2.05) is 0 Å². The summed E-state index contributed by atoms with van der Waals surface area (Å²) >= 11 is 0. The molecule has 2 rings (SSSR count). The summed E-state index contributed by atoms with van der Waals surface area (Å²) in [4.78, 5) is 2.73. The van der Waals surface area contributed by atoms with Crippen LogP contribution in [0.5, 0.6) is 0 Å². The Bertz CT molecular complexity index is 155. The van der Waals surface area contributed by atoms with Crippen molar-refractivity contribution in [3.63, 3.8) is 0 Å². The van der Waals surface area contributed by atoms with Gasteiger partial charge in [0.15, 0.2) is 0 Å². The Labute approximate surface area is 81.7 Å². The molecule has 0 saturated carbocycles. The fourth-order valence-corrected chi connectivity index (χ4v) is 3.23. The fourth-order valence-electron chi connectivity index (χ4n) is 3.23. The Balaban J connectivity index is 2.03. The second-order valence-corrected chi connectivity index (χ2v) is 4.53. The van der Waals surface area contributed by atoms with Gasteiger partial charge in [0.25, 0.3) is 0 Å². The Morgan fingerprint density at radius 3 is 2.31 bits per heavy atom. The van der Waals surface area contributed by atoms with Crippen LogP contribution in [-0.2, 0) is 0 Å². The molecule has 2 fully saturated rings. The van der Waals surface area contributed by atoms with Gasteiger partial charge in [0.1, 0.15) is 0 Å². The molecule has 2 bridgehead atoms. The number of fused-ring (bicyclic) bond motifs is 2. The molecular formula is C11H22N2. The van der Waals surface area contributed by atoms with Crippen LogP contribution in [-0.4, -0.2) is 36.6 Å². The molecule has 0 aromatic carbocycles. The molecular weight excluding hydrogens is 160 g/mol. The lowest BCUT2D eigenvalue weighted by molar-refractivity contribution is 0.0309. The van der Waals surface area contributed by atoms with E-state index in [1.165, 1.54) is 38.6 Å². The molecule has 76 valence electrons. The molecule has 2 saturated heterocycles. The van der Waals surface area contributed by atoms with Crippen molar-refractivity contribution in [1.29, 1.82) is 0 Å². The van der Waals surface area contributed by atoms with Crippen LogP contribution in [0.2, 0.25) is 0 Å². The molecule has 2 heterocycles. The molecule has 2 nitrogen and oxygen atoms in total. The van der Waals surface area contributed by atoms with E-state index in [2.05, 4.69) is 24.2 Å². The highest BCUT2D eigenvalue weighted by Crippen LogP contribution is 2.33. The van der Waals surface area contributed by atoms with Gasteiger partial charge in [-0.3, -0.25) is 4.90 Å². The average Bonchev–Trinajstić information content (AvgIpc) is 2.15. The molecule has 2 atom stereocenters. The summed E-state index contributed by atoms with van der Waals surface area (Å²) in [5, 5.41) is 3.45. The van der Waals surface area contributed by atoms with E-state index in [-0.39, 0.29) is 0 Å². The van der Waals surface area contributed by atoms with Gasteiger partial charge in [-0.1, -0.05) is 13.3 Å². The molecule has 2 aliphatic heterocycles. The van der Waals surface area contributed by atoms with E-state index in [1.54, 1.807) is 0 Å². The third-order valence-electron chi connectivity index (χ3n) is 3.90. The summed E-state index contributed by atoms with van der Waals surface area (Å²) in [5.41, 5.74) is 0. The number of rotatable bonds is 2. The first-order valence-electron chi connectivity index (χ1n) is 5.78. The van der Waals surface area contributed by atoms with Crippen molar-refractivity contribution >= 4 is 0 Å². The third kappa shape index (κ3) is 1.75. The van der Waals surface area contributed by atoms with Crippen LogP contribution in [0.3, 0.4) is 0 Å². The number of hydrogen-bond acceptors (Lipinski definition) is 2. The van der Waals surface area contributed by atoms with Gasteiger partial charge in [-0.2, -0.15) is 0 Å². The van der Waals surface area contributed by atoms with Crippen LogP contribution in [0, 0.1) is 0 Å². The lowest BCUT2D eigenvalue weighted by Gasteiger charge is -2.48. The fraction of sp³-hybridized carbons (Fsp3) is 1.00. The first-order chi connectivity index (χ1) is 6.35. The predicted octanol–water partition coefficient (Wildman–Crippen LogP) is 1.61. The van der Waals surface area contributed by atoms with E-state index in [4.69, 9.17) is 0 Å². The Morgan fingerprint density at radius 2 is 1.85 bits per heavy atom. The summed E-state index contributed by atoms with van der Waals surface area (Å²) in [6, 6.07) is 2.56. The maximum absolute atomic E-state index is 3.45. The lowest BCUT2D eigenvalue weighted by Crippen LogP contribution is -2.55. The summed E-state index contributed by atoms with van der Waals surface area (Å²) in [5.74, 6) is 0. The van der Waals surface area contributed by atoms with Crippen molar-refractivity contribution in [2.75, 3.05) is 13.6 Å². The van der Waals surface area contributed by atoms with Crippen LogP contribution in [0.4, 0.5) is 0 Å². The van der Waals surface area contributed by atoms with Gasteiger partial charge >= 0.3 is 0 Å². The molecule has 2 unspecified atom stereocenters. The largest absolute Gasteiger partial charge is 0.317 e. The molecule has 0 aliphatic carbocycles. The lowest BCUT2D eigenvalue weighted by atomic mass is 9.82. The van der Waals surface area contributed by atoms with Crippen molar-refractivity contribution in [1.82, 2.24) is 10.2 Å². The van der Waals surface area contributed by atoms with Crippen LogP contribution in [0.1, 0.15) is 39.0 Å². The summed E-state index contributed by atoms with van der Waals surface area (Å²) in [6.45, 7) is 3.57. The van der Waals surface area contributed by atoms with Crippen molar-refractivity contribution in [3.05, 3.63) is 0 Å². The second-order valence-electron chi connectivity index (χ2n) is 4.53. The quantitative estimate of drug-likeness (QED) is 0.698. The maximum Gasteiger partial charge on any atom is 0.0113 e. The van der Waals surface area contributed by atoms with E-state index < -0.39 is 0 Å². The highest BCUT2D eigenvalue weighted by molar-refractivity contribution is 4.93. The minimum atomic E-state index is 0.790. The van der Waals surface area contributed by atoms with Gasteiger partial charge in [-0.25, -0.2) is 0 Å². The van der Waals surface area contributed by atoms with Crippen LogP contribution < -0.4 is 5.32 Å². The molecule has 0 aromatic rings. The normalized spacial score (nSPS) is 40.6. The van der Waals surface area contributed by atoms with Gasteiger partial charge in [-0.15, -0.1) is 0 Å². The summed E-state index contributed by atoms with van der Waals surface area (Å²) < 4.78 is 0. The Kier molecular flexibility index (Phi) is 2.89. The minimum Gasteiger partial charge on any atom is -0.317 e. The zero-order chi connectivity index (χ0) is 9.26.